The molecule has 134 valence electrons. The van der Waals surface area contributed by atoms with Gasteiger partial charge in [0.1, 0.15) is 5.82 Å². The highest BCUT2D eigenvalue weighted by atomic mass is 16.5. The summed E-state index contributed by atoms with van der Waals surface area (Å²) in [6.07, 6.45) is -0.459. The zero-order valence-electron chi connectivity index (χ0n) is 14.7. The first-order chi connectivity index (χ1) is 12.0. The molecule has 25 heavy (non-hydrogen) atoms. The summed E-state index contributed by atoms with van der Waals surface area (Å²) < 4.78 is 5.42. The first kappa shape index (κ1) is 17.4. The van der Waals surface area contributed by atoms with E-state index in [0.717, 1.165) is 29.9 Å². The van der Waals surface area contributed by atoms with Gasteiger partial charge in [-0.25, -0.2) is 4.98 Å². The molecule has 0 unspecified atom stereocenters. The predicted octanol–water partition coefficient (Wildman–Crippen LogP) is 1.66. The van der Waals surface area contributed by atoms with Crippen molar-refractivity contribution in [2.45, 2.75) is 20.0 Å². The van der Waals surface area contributed by atoms with E-state index in [2.05, 4.69) is 15.2 Å². The van der Waals surface area contributed by atoms with Crippen LogP contribution < -0.4 is 16.0 Å². The Hall–Kier alpha value is -2.38. The second-order valence-corrected chi connectivity index (χ2v) is 6.34. The highest BCUT2D eigenvalue weighted by Gasteiger charge is 2.17. The van der Waals surface area contributed by atoms with Crippen molar-refractivity contribution in [1.29, 1.82) is 0 Å². The quantitative estimate of drug-likeness (QED) is 0.711. The van der Waals surface area contributed by atoms with Gasteiger partial charge in [-0.2, -0.15) is 4.98 Å². The van der Waals surface area contributed by atoms with Crippen LogP contribution in [0.1, 0.15) is 12.5 Å². The van der Waals surface area contributed by atoms with Gasteiger partial charge in [0.15, 0.2) is 0 Å². The van der Waals surface area contributed by atoms with Gasteiger partial charge < -0.3 is 25.8 Å². The fourth-order valence-corrected chi connectivity index (χ4v) is 2.74. The molecule has 0 bridgehead atoms. The van der Waals surface area contributed by atoms with E-state index in [1.54, 1.807) is 6.92 Å². The molecule has 3 rings (SSSR count). The lowest BCUT2D eigenvalue weighted by atomic mass is 10.0. The van der Waals surface area contributed by atoms with Gasteiger partial charge >= 0.3 is 0 Å². The molecule has 4 N–H and O–H groups in total. The second-order valence-electron chi connectivity index (χ2n) is 6.34. The van der Waals surface area contributed by atoms with Crippen LogP contribution in [-0.4, -0.2) is 54.0 Å². The molecule has 0 saturated carbocycles. The molecule has 7 heteroatoms. The number of aliphatic hydroxyl groups is 1. The summed E-state index contributed by atoms with van der Waals surface area (Å²) in [7, 11) is 0. The van der Waals surface area contributed by atoms with E-state index in [9.17, 15) is 5.11 Å². The van der Waals surface area contributed by atoms with Gasteiger partial charge in [0.2, 0.25) is 5.95 Å². The van der Waals surface area contributed by atoms with Crippen LogP contribution in [0.25, 0.3) is 11.3 Å². The summed E-state index contributed by atoms with van der Waals surface area (Å²) in [6.45, 7) is 7.05. The summed E-state index contributed by atoms with van der Waals surface area (Å²) in [4.78, 5) is 11.5. The first-order valence-corrected chi connectivity index (χ1v) is 8.53. The Balaban J connectivity index is 2.00. The van der Waals surface area contributed by atoms with Crippen molar-refractivity contribution in [2.75, 3.05) is 48.8 Å². The van der Waals surface area contributed by atoms with Crippen molar-refractivity contribution >= 4 is 17.5 Å². The lowest BCUT2D eigenvalue weighted by Crippen LogP contribution is -2.37. The van der Waals surface area contributed by atoms with E-state index in [1.807, 2.05) is 31.2 Å². The third-order valence-electron chi connectivity index (χ3n) is 4.12. The van der Waals surface area contributed by atoms with E-state index >= 15 is 0 Å². The minimum Gasteiger partial charge on any atom is -0.399 e. The van der Waals surface area contributed by atoms with Crippen LogP contribution in [0.4, 0.5) is 17.5 Å². The Labute approximate surface area is 147 Å². The van der Waals surface area contributed by atoms with Gasteiger partial charge in [0.05, 0.1) is 25.0 Å². The number of hydrogen-bond acceptors (Lipinski definition) is 7. The van der Waals surface area contributed by atoms with Crippen LogP contribution in [0, 0.1) is 6.92 Å². The van der Waals surface area contributed by atoms with Gasteiger partial charge in [0.25, 0.3) is 0 Å². The zero-order chi connectivity index (χ0) is 17.8. The van der Waals surface area contributed by atoms with Crippen LogP contribution >= 0.6 is 0 Å². The molecule has 0 aliphatic carbocycles. The number of rotatable bonds is 5. The molecule has 1 atom stereocenters. The molecule has 1 saturated heterocycles. The maximum Gasteiger partial charge on any atom is 0.228 e. The number of hydrogen-bond donors (Lipinski definition) is 3. The molecule has 2 heterocycles. The fraction of sp³-hybridized carbons (Fsp3) is 0.444. The van der Waals surface area contributed by atoms with Crippen molar-refractivity contribution in [3.8, 4) is 11.3 Å². The van der Waals surface area contributed by atoms with Crippen molar-refractivity contribution in [3.05, 3.63) is 29.8 Å². The Morgan fingerprint density at radius 1 is 1.28 bits per heavy atom. The van der Waals surface area contributed by atoms with Crippen LogP contribution in [-0.2, 0) is 4.74 Å². The predicted molar refractivity (Wildman–Crippen MR) is 99.8 cm³/mol. The maximum atomic E-state index is 9.55. The standard InChI is InChI=1S/C18H25N5O2/c1-12-3-4-14(19)9-15(12)16-10-17(20-11-13(2)24)22-18(21-16)23-5-7-25-8-6-23/h3-4,9-10,13,24H,5-8,11,19H2,1-2H3,(H,20,21,22)/t13-/m1/s1. The highest BCUT2D eigenvalue weighted by molar-refractivity contribution is 5.71. The SMILES string of the molecule is Cc1ccc(N)cc1-c1cc(NC[C@@H](C)O)nc(N2CCOCC2)n1. The minimum absolute atomic E-state index is 0.426. The lowest BCUT2D eigenvalue weighted by molar-refractivity contribution is 0.122. The van der Waals surface area contributed by atoms with Crippen LogP contribution in [0.5, 0.6) is 0 Å². The summed E-state index contributed by atoms with van der Waals surface area (Å²) in [5.74, 6) is 1.35. The van der Waals surface area contributed by atoms with Gasteiger partial charge in [-0.1, -0.05) is 6.07 Å². The van der Waals surface area contributed by atoms with Crippen LogP contribution in [0.3, 0.4) is 0 Å². The monoisotopic (exact) mass is 343 g/mol. The fourth-order valence-electron chi connectivity index (χ4n) is 2.74. The molecule has 0 radical (unpaired) electrons. The third kappa shape index (κ3) is 4.37. The van der Waals surface area contributed by atoms with Crippen molar-refractivity contribution in [2.24, 2.45) is 0 Å². The number of nitrogens with zero attached hydrogens (tertiary/aromatic N) is 3. The molecule has 7 nitrogen and oxygen atoms in total. The molecule has 1 aromatic carbocycles. The summed E-state index contributed by atoms with van der Waals surface area (Å²) >= 11 is 0. The summed E-state index contributed by atoms with van der Waals surface area (Å²) in [5, 5.41) is 12.7. The summed E-state index contributed by atoms with van der Waals surface area (Å²) in [6, 6.07) is 7.70. The summed E-state index contributed by atoms with van der Waals surface area (Å²) in [5.41, 5.74) is 9.56. The Morgan fingerprint density at radius 3 is 2.76 bits per heavy atom. The molecule has 0 spiro atoms. The topological polar surface area (TPSA) is 96.5 Å². The highest BCUT2D eigenvalue weighted by Crippen LogP contribution is 2.27. The number of morpholine rings is 1. The number of nitrogens with two attached hydrogens (primary N) is 1. The average Bonchev–Trinajstić information content (AvgIpc) is 2.62. The molecular weight excluding hydrogens is 318 g/mol. The number of ether oxygens (including phenoxy) is 1. The number of aromatic nitrogens is 2. The molecular formula is C18H25N5O2. The van der Waals surface area contributed by atoms with Gasteiger partial charge in [-0.05, 0) is 31.5 Å². The molecule has 0 amide bonds. The van der Waals surface area contributed by atoms with Crippen LogP contribution in [0.15, 0.2) is 24.3 Å². The van der Waals surface area contributed by atoms with E-state index in [4.69, 9.17) is 15.5 Å². The maximum absolute atomic E-state index is 9.55. The number of aryl methyl sites for hydroxylation is 1. The van der Waals surface area contributed by atoms with E-state index in [0.29, 0.717) is 37.2 Å². The number of nitrogen functional groups attached to an aromatic ring is 1. The van der Waals surface area contributed by atoms with Gasteiger partial charge in [-0.15, -0.1) is 0 Å². The van der Waals surface area contributed by atoms with E-state index in [-0.39, 0.29) is 0 Å². The van der Waals surface area contributed by atoms with E-state index < -0.39 is 6.10 Å². The molecule has 1 aliphatic heterocycles. The molecule has 1 aliphatic rings. The van der Waals surface area contributed by atoms with Crippen molar-refractivity contribution < 1.29 is 9.84 Å². The zero-order valence-corrected chi connectivity index (χ0v) is 14.7. The third-order valence-corrected chi connectivity index (χ3v) is 4.12. The molecule has 2 aromatic rings. The number of benzene rings is 1. The Morgan fingerprint density at radius 2 is 2.04 bits per heavy atom. The first-order valence-electron chi connectivity index (χ1n) is 8.53. The largest absolute Gasteiger partial charge is 0.399 e. The minimum atomic E-state index is -0.459. The second kappa shape index (κ2) is 7.67. The molecule has 1 fully saturated rings. The van der Waals surface area contributed by atoms with Crippen molar-refractivity contribution in [1.82, 2.24) is 9.97 Å². The average molecular weight is 343 g/mol. The van der Waals surface area contributed by atoms with Gasteiger partial charge in [0, 0.05) is 37.0 Å². The smallest absolute Gasteiger partial charge is 0.228 e. The number of anilines is 3. The Bertz CT molecular complexity index is 729. The lowest BCUT2D eigenvalue weighted by Gasteiger charge is -2.27. The number of nitrogens with one attached hydrogen (secondary N) is 1. The Kier molecular flexibility index (Phi) is 5.35. The molecule has 1 aromatic heterocycles. The van der Waals surface area contributed by atoms with Crippen LogP contribution in [0.2, 0.25) is 0 Å². The van der Waals surface area contributed by atoms with E-state index in [1.165, 1.54) is 0 Å². The van der Waals surface area contributed by atoms with Crippen molar-refractivity contribution in [3.63, 3.8) is 0 Å². The number of aliphatic hydroxyl groups excluding tert-OH is 1. The van der Waals surface area contributed by atoms with Gasteiger partial charge in [-0.3, -0.25) is 0 Å². The normalized spacial score (nSPS) is 15.9.